The Bertz CT molecular complexity index is 627. The first-order valence-electron chi connectivity index (χ1n) is 7.35. The van der Waals surface area contributed by atoms with E-state index in [1.807, 2.05) is 13.8 Å². The van der Waals surface area contributed by atoms with E-state index in [4.69, 9.17) is 16.9 Å². The molecule has 22 heavy (non-hydrogen) atoms. The number of hydrogen-bond donors (Lipinski definition) is 4. The minimum absolute atomic E-state index is 0.0653. The van der Waals surface area contributed by atoms with Crippen molar-refractivity contribution in [1.82, 2.24) is 4.98 Å². The third-order valence-corrected chi connectivity index (χ3v) is 3.32. The summed E-state index contributed by atoms with van der Waals surface area (Å²) in [6.07, 6.45) is 3.76. The Morgan fingerprint density at radius 3 is 2.68 bits per heavy atom. The molecular weight excluding hydrogens is 278 g/mol. The fourth-order valence-corrected chi connectivity index (χ4v) is 2.10. The third-order valence-electron chi connectivity index (χ3n) is 3.32. The van der Waals surface area contributed by atoms with Crippen molar-refractivity contribution in [2.24, 2.45) is 21.6 Å². The van der Waals surface area contributed by atoms with Gasteiger partial charge in [0.2, 0.25) is 0 Å². The molecule has 7 nitrogen and oxygen atoms in total. The summed E-state index contributed by atoms with van der Waals surface area (Å²) in [5.41, 5.74) is 13.0. The number of nitrogens with one attached hydrogen (secondary N) is 2. The van der Waals surface area contributed by atoms with Crippen LogP contribution in [0.4, 0.5) is 11.5 Å². The molecule has 1 heterocycles. The molecule has 0 amide bonds. The van der Waals surface area contributed by atoms with Gasteiger partial charge in [0, 0.05) is 30.9 Å². The van der Waals surface area contributed by atoms with E-state index >= 15 is 0 Å². The first-order valence-corrected chi connectivity index (χ1v) is 7.35. The molecular formula is C15H23N7. The quantitative estimate of drug-likeness (QED) is 0.487. The number of aliphatic imine (C=N–C) groups is 2. The van der Waals surface area contributed by atoms with Crippen LogP contribution in [0.5, 0.6) is 0 Å². The van der Waals surface area contributed by atoms with Crippen LogP contribution in [0.25, 0.3) is 0 Å². The third kappa shape index (κ3) is 3.60. The van der Waals surface area contributed by atoms with Gasteiger partial charge >= 0.3 is 0 Å². The van der Waals surface area contributed by atoms with Crippen molar-refractivity contribution < 1.29 is 0 Å². The summed E-state index contributed by atoms with van der Waals surface area (Å²) in [4.78, 5) is 12.7. The van der Waals surface area contributed by atoms with Crippen molar-refractivity contribution in [3.63, 3.8) is 0 Å². The zero-order valence-electron chi connectivity index (χ0n) is 13.2. The van der Waals surface area contributed by atoms with E-state index in [0.717, 1.165) is 12.8 Å². The van der Waals surface area contributed by atoms with E-state index in [1.54, 1.807) is 19.3 Å². The molecule has 1 aromatic rings. The van der Waals surface area contributed by atoms with E-state index in [1.165, 1.54) is 0 Å². The molecule has 0 atom stereocenters. The van der Waals surface area contributed by atoms with Crippen molar-refractivity contribution in [3.8, 4) is 0 Å². The average Bonchev–Trinajstić information content (AvgIpc) is 3.28. The molecule has 0 aromatic carbocycles. The average molecular weight is 301 g/mol. The summed E-state index contributed by atoms with van der Waals surface area (Å²) in [5, 5.41) is 11.5. The van der Waals surface area contributed by atoms with Gasteiger partial charge in [0.1, 0.15) is 17.4 Å². The standard InChI is InChI=1S/C15H23N7/c1-8(2)21-15-11(10(16)6-7-20-15)12(17)13(18)22-14(19-3)9-4-5-9/h6-9,17H,4-5H2,1-3H3,(H3,16,20,21)(H2,18,19,22). The SMILES string of the molecule is CN=C(N=C(N)C(=N)c1c(N)ccnc1NC(C)C)C1CC1. The van der Waals surface area contributed by atoms with Crippen LogP contribution in [0.2, 0.25) is 0 Å². The van der Waals surface area contributed by atoms with Crippen molar-refractivity contribution >= 4 is 28.9 Å². The molecule has 1 aliphatic carbocycles. The van der Waals surface area contributed by atoms with Gasteiger partial charge in [-0.05, 0) is 32.8 Å². The van der Waals surface area contributed by atoms with Gasteiger partial charge < -0.3 is 16.8 Å². The molecule has 7 heteroatoms. The molecule has 1 aromatic heterocycles. The zero-order valence-corrected chi connectivity index (χ0v) is 13.2. The van der Waals surface area contributed by atoms with Gasteiger partial charge in [-0.2, -0.15) is 0 Å². The number of nitrogen functional groups attached to an aromatic ring is 1. The van der Waals surface area contributed by atoms with Crippen LogP contribution in [-0.2, 0) is 0 Å². The Morgan fingerprint density at radius 2 is 2.14 bits per heavy atom. The number of hydrogen-bond acceptors (Lipinski definition) is 5. The highest BCUT2D eigenvalue weighted by molar-refractivity contribution is 6.49. The Kier molecular flexibility index (Phi) is 4.75. The topological polar surface area (TPSA) is 126 Å². The van der Waals surface area contributed by atoms with Crippen LogP contribution in [0, 0.1) is 11.3 Å². The van der Waals surface area contributed by atoms with Crippen LogP contribution >= 0.6 is 0 Å². The van der Waals surface area contributed by atoms with Gasteiger partial charge in [-0.15, -0.1) is 0 Å². The van der Waals surface area contributed by atoms with Gasteiger partial charge in [0.15, 0.2) is 5.84 Å². The van der Waals surface area contributed by atoms with E-state index in [2.05, 4.69) is 20.3 Å². The lowest BCUT2D eigenvalue weighted by Crippen LogP contribution is -2.28. The van der Waals surface area contributed by atoms with E-state index in [0.29, 0.717) is 28.8 Å². The Morgan fingerprint density at radius 1 is 1.45 bits per heavy atom. The van der Waals surface area contributed by atoms with Crippen molar-refractivity contribution in [2.75, 3.05) is 18.1 Å². The Hall–Kier alpha value is -2.44. The Balaban J connectivity index is 2.34. The second-order valence-electron chi connectivity index (χ2n) is 5.65. The van der Waals surface area contributed by atoms with E-state index in [-0.39, 0.29) is 17.6 Å². The number of nitrogens with zero attached hydrogens (tertiary/aromatic N) is 3. The summed E-state index contributed by atoms with van der Waals surface area (Å²) in [6.45, 7) is 3.98. The molecule has 0 aliphatic heterocycles. The largest absolute Gasteiger partial charge is 0.398 e. The molecule has 6 N–H and O–H groups in total. The second-order valence-corrected chi connectivity index (χ2v) is 5.65. The number of rotatable bonds is 5. The molecule has 1 fully saturated rings. The summed E-state index contributed by atoms with van der Waals surface area (Å²) >= 11 is 0. The minimum atomic E-state index is 0.0653. The number of aromatic nitrogens is 1. The van der Waals surface area contributed by atoms with Gasteiger partial charge in [-0.3, -0.25) is 10.4 Å². The van der Waals surface area contributed by atoms with Crippen molar-refractivity contribution in [2.45, 2.75) is 32.7 Å². The van der Waals surface area contributed by atoms with E-state index < -0.39 is 0 Å². The van der Waals surface area contributed by atoms with Crippen LogP contribution in [0.15, 0.2) is 22.2 Å². The molecule has 0 unspecified atom stereocenters. The van der Waals surface area contributed by atoms with Crippen LogP contribution in [-0.4, -0.2) is 35.5 Å². The van der Waals surface area contributed by atoms with Gasteiger partial charge in [0.25, 0.3) is 0 Å². The lowest BCUT2D eigenvalue weighted by molar-refractivity contribution is 0.889. The van der Waals surface area contributed by atoms with Crippen molar-refractivity contribution in [1.29, 1.82) is 5.41 Å². The molecule has 2 rings (SSSR count). The lowest BCUT2D eigenvalue weighted by atomic mass is 10.1. The molecule has 0 bridgehead atoms. The van der Waals surface area contributed by atoms with Gasteiger partial charge in [-0.25, -0.2) is 9.98 Å². The lowest BCUT2D eigenvalue weighted by Gasteiger charge is -2.16. The second kappa shape index (κ2) is 6.55. The highest BCUT2D eigenvalue weighted by Gasteiger charge is 2.28. The van der Waals surface area contributed by atoms with Crippen LogP contribution < -0.4 is 16.8 Å². The molecule has 1 aliphatic rings. The smallest absolute Gasteiger partial charge is 0.151 e. The zero-order chi connectivity index (χ0) is 16.3. The number of nitrogens with two attached hydrogens (primary N) is 2. The number of anilines is 2. The highest BCUT2D eigenvalue weighted by atomic mass is 15.0. The van der Waals surface area contributed by atoms with Crippen LogP contribution in [0.3, 0.4) is 0 Å². The first-order chi connectivity index (χ1) is 10.4. The minimum Gasteiger partial charge on any atom is -0.398 e. The van der Waals surface area contributed by atoms with E-state index in [9.17, 15) is 0 Å². The molecule has 0 radical (unpaired) electrons. The summed E-state index contributed by atoms with van der Waals surface area (Å²) in [6, 6.07) is 1.82. The summed E-state index contributed by atoms with van der Waals surface area (Å²) in [7, 11) is 1.69. The predicted octanol–water partition coefficient (Wildman–Crippen LogP) is 1.65. The first kappa shape index (κ1) is 15.9. The highest BCUT2D eigenvalue weighted by Crippen LogP contribution is 2.31. The predicted molar refractivity (Wildman–Crippen MR) is 91.9 cm³/mol. The maximum absolute atomic E-state index is 8.32. The fraction of sp³-hybridized carbons (Fsp3) is 0.467. The van der Waals surface area contributed by atoms with Crippen LogP contribution in [0.1, 0.15) is 32.3 Å². The van der Waals surface area contributed by atoms with Gasteiger partial charge in [-0.1, -0.05) is 0 Å². The fourth-order valence-electron chi connectivity index (χ4n) is 2.10. The molecule has 118 valence electrons. The summed E-state index contributed by atoms with van der Waals surface area (Å²) < 4.78 is 0. The molecule has 0 saturated heterocycles. The van der Waals surface area contributed by atoms with Crippen molar-refractivity contribution in [3.05, 3.63) is 17.8 Å². The molecule has 1 saturated carbocycles. The maximum atomic E-state index is 8.32. The number of pyridine rings is 1. The Labute approximate surface area is 130 Å². The monoisotopic (exact) mass is 301 g/mol. The normalized spacial score (nSPS) is 16.0. The maximum Gasteiger partial charge on any atom is 0.151 e. The number of amidine groups is 2. The summed E-state index contributed by atoms with van der Waals surface area (Å²) in [5.74, 6) is 1.72. The molecule has 0 spiro atoms. The van der Waals surface area contributed by atoms with Gasteiger partial charge in [0.05, 0.1) is 5.56 Å².